The zero-order chi connectivity index (χ0) is 36.3. The molecule has 0 N–H and O–H groups in total. The minimum absolute atomic E-state index is 0.628. The third-order valence-electron chi connectivity index (χ3n) is 10.7. The molecule has 4 heteroatoms. The third kappa shape index (κ3) is 5.19. The highest BCUT2D eigenvalue weighted by Crippen LogP contribution is 2.43. The van der Waals surface area contributed by atoms with E-state index in [0.717, 1.165) is 71.5 Å². The first-order valence-corrected chi connectivity index (χ1v) is 18.5. The van der Waals surface area contributed by atoms with Crippen LogP contribution in [0.2, 0.25) is 0 Å². The summed E-state index contributed by atoms with van der Waals surface area (Å²) < 4.78 is 6.52. The summed E-state index contributed by atoms with van der Waals surface area (Å²) in [6.45, 7) is 0. The Morgan fingerprint density at radius 1 is 0.291 bits per heavy atom. The van der Waals surface area contributed by atoms with Gasteiger partial charge in [-0.1, -0.05) is 176 Å². The average molecular weight is 702 g/mol. The summed E-state index contributed by atoms with van der Waals surface area (Å²) in [5.74, 6) is 1.89. The molecule has 11 aromatic rings. The van der Waals surface area contributed by atoms with Crippen LogP contribution >= 0.6 is 0 Å². The lowest BCUT2D eigenvalue weighted by Crippen LogP contribution is -2.01. The molecule has 55 heavy (non-hydrogen) atoms. The van der Waals surface area contributed by atoms with Crippen molar-refractivity contribution in [2.75, 3.05) is 0 Å². The maximum Gasteiger partial charge on any atom is 0.164 e. The molecule has 0 bridgehead atoms. The summed E-state index contributed by atoms with van der Waals surface area (Å²) >= 11 is 0. The van der Waals surface area contributed by atoms with Gasteiger partial charge in [-0.2, -0.15) is 0 Å². The lowest BCUT2D eigenvalue weighted by atomic mass is 9.89. The van der Waals surface area contributed by atoms with Crippen molar-refractivity contribution in [1.82, 2.24) is 15.0 Å². The van der Waals surface area contributed by atoms with Gasteiger partial charge < -0.3 is 4.42 Å². The molecule has 2 aromatic heterocycles. The second-order valence-corrected chi connectivity index (χ2v) is 13.9. The van der Waals surface area contributed by atoms with Crippen LogP contribution in [0.3, 0.4) is 0 Å². The number of hydrogen-bond donors (Lipinski definition) is 0. The Kier molecular flexibility index (Phi) is 7.14. The fourth-order valence-electron chi connectivity index (χ4n) is 8.12. The fraction of sp³-hybridized carbons (Fsp3) is 0. The van der Waals surface area contributed by atoms with Crippen LogP contribution in [-0.4, -0.2) is 15.0 Å². The summed E-state index contributed by atoms with van der Waals surface area (Å²) in [6.07, 6.45) is 0. The molecular formula is C51H31N3O. The molecule has 0 atom stereocenters. The van der Waals surface area contributed by atoms with Gasteiger partial charge in [-0.15, -0.1) is 0 Å². The predicted molar refractivity (Wildman–Crippen MR) is 227 cm³/mol. The van der Waals surface area contributed by atoms with E-state index in [2.05, 4.69) is 152 Å². The van der Waals surface area contributed by atoms with Crippen molar-refractivity contribution in [3.8, 4) is 56.4 Å². The summed E-state index contributed by atoms with van der Waals surface area (Å²) in [7, 11) is 0. The Hall–Kier alpha value is -7.43. The molecular weight excluding hydrogens is 671 g/mol. The van der Waals surface area contributed by atoms with Crippen LogP contribution in [0.25, 0.3) is 111 Å². The first-order valence-electron chi connectivity index (χ1n) is 18.5. The minimum atomic E-state index is 0.628. The van der Waals surface area contributed by atoms with E-state index in [1.54, 1.807) is 0 Å². The van der Waals surface area contributed by atoms with Gasteiger partial charge in [0, 0.05) is 38.4 Å². The summed E-state index contributed by atoms with van der Waals surface area (Å²) in [6, 6.07) is 65.7. The van der Waals surface area contributed by atoms with Crippen molar-refractivity contribution in [2.45, 2.75) is 0 Å². The van der Waals surface area contributed by atoms with E-state index in [1.165, 1.54) is 21.7 Å². The Morgan fingerprint density at radius 3 is 1.53 bits per heavy atom. The van der Waals surface area contributed by atoms with E-state index in [1.807, 2.05) is 36.4 Å². The van der Waals surface area contributed by atoms with Crippen LogP contribution in [0.5, 0.6) is 0 Å². The molecule has 0 saturated carbocycles. The Morgan fingerprint density at radius 2 is 0.782 bits per heavy atom. The Balaban J connectivity index is 1.17. The molecule has 0 saturated heterocycles. The number of aromatic nitrogens is 3. The SMILES string of the molecule is c1ccc(-c2ccc(-c3nc(-c4ccccc4)nc(-c4cccc5c6ccccc6c6ccc(-c7cccc8c7oc7ccccc78)cc6c45)n3)cc2)cc1. The maximum atomic E-state index is 6.52. The third-order valence-corrected chi connectivity index (χ3v) is 10.7. The quantitative estimate of drug-likeness (QED) is 0.168. The first-order chi connectivity index (χ1) is 27.3. The average Bonchev–Trinajstić information content (AvgIpc) is 3.66. The molecule has 11 rings (SSSR count). The molecule has 4 nitrogen and oxygen atoms in total. The van der Waals surface area contributed by atoms with Crippen LogP contribution in [0.15, 0.2) is 192 Å². The molecule has 0 aliphatic rings. The van der Waals surface area contributed by atoms with Gasteiger partial charge in [0.05, 0.1) is 0 Å². The van der Waals surface area contributed by atoms with Gasteiger partial charge in [0.15, 0.2) is 17.5 Å². The number of benzene rings is 9. The van der Waals surface area contributed by atoms with Gasteiger partial charge >= 0.3 is 0 Å². The van der Waals surface area contributed by atoms with Crippen LogP contribution in [0.4, 0.5) is 0 Å². The molecule has 256 valence electrons. The van der Waals surface area contributed by atoms with E-state index in [9.17, 15) is 0 Å². The number of fused-ring (bicyclic) bond motifs is 9. The lowest BCUT2D eigenvalue weighted by Gasteiger charge is -2.16. The Bertz CT molecular complexity index is 3240. The number of furan rings is 1. The van der Waals surface area contributed by atoms with Crippen molar-refractivity contribution >= 4 is 54.3 Å². The van der Waals surface area contributed by atoms with E-state index in [-0.39, 0.29) is 0 Å². The smallest absolute Gasteiger partial charge is 0.164 e. The van der Waals surface area contributed by atoms with Gasteiger partial charge in [-0.25, -0.2) is 15.0 Å². The highest BCUT2D eigenvalue weighted by Gasteiger charge is 2.19. The number of nitrogens with zero attached hydrogens (tertiary/aromatic N) is 3. The summed E-state index contributed by atoms with van der Waals surface area (Å²) in [5.41, 5.74) is 9.05. The Labute approximate surface area is 317 Å². The molecule has 0 radical (unpaired) electrons. The lowest BCUT2D eigenvalue weighted by molar-refractivity contribution is 0.670. The van der Waals surface area contributed by atoms with Crippen molar-refractivity contribution in [3.05, 3.63) is 188 Å². The molecule has 0 unspecified atom stereocenters. The van der Waals surface area contributed by atoms with Crippen LogP contribution in [0, 0.1) is 0 Å². The molecule has 0 aliphatic carbocycles. The zero-order valence-corrected chi connectivity index (χ0v) is 29.6. The first kappa shape index (κ1) is 31.1. The van der Waals surface area contributed by atoms with Crippen LogP contribution in [-0.2, 0) is 0 Å². The van der Waals surface area contributed by atoms with Gasteiger partial charge in [-0.3, -0.25) is 0 Å². The minimum Gasteiger partial charge on any atom is -0.455 e. The van der Waals surface area contributed by atoms with E-state index < -0.39 is 0 Å². The number of hydrogen-bond acceptors (Lipinski definition) is 4. The van der Waals surface area contributed by atoms with Gasteiger partial charge in [0.2, 0.25) is 0 Å². The van der Waals surface area contributed by atoms with Crippen molar-refractivity contribution in [3.63, 3.8) is 0 Å². The zero-order valence-electron chi connectivity index (χ0n) is 29.6. The summed E-state index contributed by atoms with van der Waals surface area (Å²) in [5, 5.41) is 9.17. The second kappa shape index (κ2) is 12.6. The molecule has 0 amide bonds. The molecule has 2 heterocycles. The fourth-order valence-corrected chi connectivity index (χ4v) is 8.12. The molecule has 0 fully saturated rings. The van der Waals surface area contributed by atoms with Gasteiger partial charge in [0.25, 0.3) is 0 Å². The molecule has 0 aliphatic heterocycles. The topological polar surface area (TPSA) is 51.8 Å². The number of rotatable bonds is 5. The van der Waals surface area contributed by atoms with E-state index in [0.29, 0.717) is 17.5 Å². The van der Waals surface area contributed by atoms with Gasteiger partial charge in [-0.05, 0) is 55.8 Å². The van der Waals surface area contributed by atoms with Crippen molar-refractivity contribution < 1.29 is 4.42 Å². The monoisotopic (exact) mass is 701 g/mol. The standard InChI is InChI=1S/C51H31N3O/c1-3-13-32(14-4-1)33-25-27-35(28-26-33)50-52-49(34-15-5-2-6-16-34)53-51(54-50)44-23-12-21-42-39-18-8-7-17-38(39)40-30-29-36(31-45(40)47(42)44)37-20-11-22-43-41-19-9-10-24-46(41)55-48(37)43/h1-31H. The van der Waals surface area contributed by atoms with Crippen LogP contribution in [0.1, 0.15) is 0 Å². The largest absolute Gasteiger partial charge is 0.455 e. The second-order valence-electron chi connectivity index (χ2n) is 13.9. The molecule has 9 aromatic carbocycles. The number of para-hydroxylation sites is 2. The maximum absolute atomic E-state index is 6.52. The highest BCUT2D eigenvalue weighted by atomic mass is 16.3. The predicted octanol–water partition coefficient (Wildman–Crippen LogP) is 13.6. The highest BCUT2D eigenvalue weighted by molar-refractivity contribution is 6.28. The van der Waals surface area contributed by atoms with Crippen molar-refractivity contribution in [1.29, 1.82) is 0 Å². The van der Waals surface area contributed by atoms with Crippen LogP contribution < -0.4 is 0 Å². The normalized spacial score (nSPS) is 11.6. The van der Waals surface area contributed by atoms with E-state index >= 15 is 0 Å². The summed E-state index contributed by atoms with van der Waals surface area (Å²) in [4.78, 5) is 15.5. The molecule has 0 spiro atoms. The van der Waals surface area contributed by atoms with Gasteiger partial charge in [0.1, 0.15) is 11.2 Å². The van der Waals surface area contributed by atoms with E-state index in [4.69, 9.17) is 19.4 Å². The van der Waals surface area contributed by atoms with Crippen molar-refractivity contribution in [2.24, 2.45) is 0 Å².